The summed E-state index contributed by atoms with van der Waals surface area (Å²) in [6.45, 7) is -2.42. The largest absolute Gasteiger partial charge is 0.485 e. The number of amides is 1. The summed E-state index contributed by atoms with van der Waals surface area (Å²) in [7, 11) is 0. The average molecular weight is 319 g/mol. The van der Waals surface area contributed by atoms with Gasteiger partial charge in [0.05, 0.1) is 0 Å². The highest BCUT2D eigenvalue weighted by atomic mass is 19.4. The number of carbonyl (C=O) groups excluding carboxylic acids is 2. The van der Waals surface area contributed by atoms with E-state index in [9.17, 15) is 22.8 Å². The van der Waals surface area contributed by atoms with Crippen molar-refractivity contribution in [2.24, 2.45) is 0 Å². The fraction of sp³-hybridized carbons (Fsp3) is 0.385. The van der Waals surface area contributed by atoms with Crippen LogP contribution in [0.3, 0.4) is 0 Å². The van der Waals surface area contributed by atoms with Crippen LogP contribution in [0, 0.1) is 0 Å². The molecule has 120 valence electrons. The molecule has 6 nitrogen and oxygen atoms in total. The van der Waals surface area contributed by atoms with E-state index in [0.717, 1.165) is 0 Å². The van der Waals surface area contributed by atoms with Gasteiger partial charge in [0.1, 0.15) is 13.2 Å². The number of rotatable bonds is 4. The molecule has 1 N–H and O–H groups in total. The summed E-state index contributed by atoms with van der Waals surface area (Å²) in [6, 6.07) is 6.65. The number of para-hydroxylation sites is 2. The zero-order valence-electron chi connectivity index (χ0n) is 11.2. The van der Waals surface area contributed by atoms with Crippen LogP contribution in [0.5, 0.6) is 11.5 Å². The fourth-order valence-corrected chi connectivity index (χ4v) is 1.62. The van der Waals surface area contributed by atoms with Crippen LogP contribution in [0.2, 0.25) is 0 Å². The van der Waals surface area contributed by atoms with Gasteiger partial charge in [0.25, 0.3) is 5.91 Å². The van der Waals surface area contributed by atoms with E-state index in [4.69, 9.17) is 9.47 Å². The Hall–Kier alpha value is -2.45. The van der Waals surface area contributed by atoms with E-state index in [1.165, 1.54) is 0 Å². The van der Waals surface area contributed by atoms with E-state index in [1.807, 2.05) is 0 Å². The van der Waals surface area contributed by atoms with Gasteiger partial charge in [-0.15, -0.1) is 0 Å². The van der Waals surface area contributed by atoms with E-state index >= 15 is 0 Å². The van der Waals surface area contributed by atoms with Gasteiger partial charge < -0.3 is 19.5 Å². The number of esters is 1. The Balaban J connectivity index is 1.78. The maximum Gasteiger partial charge on any atom is 0.405 e. The molecule has 1 aliphatic rings. The van der Waals surface area contributed by atoms with Crippen molar-refractivity contribution in [3.8, 4) is 11.5 Å². The van der Waals surface area contributed by atoms with Crippen molar-refractivity contribution < 1.29 is 37.0 Å². The standard InChI is InChI=1S/C13H12F3NO5/c14-13(15,16)7-17-11(18)6-21-12(19)10-5-20-8-3-1-2-4-9(8)22-10/h1-4,10H,5-7H2,(H,17,18). The molecule has 1 unspecified atom stereocenters. The molecule has 1 aromatic rings. The van der Waals surface area contributed by atoms with Gasteiger partial charge in [-0.05, 0) is 12.1 Å². The lowest BCUT2D eigenvalue weighted by atomic mass is 10.2. The highest BCUT2D eigenvalue weighted by Gasteiger charge is 2.30. The number of halogens is 3. The predicted octanol–water partition coefficient (Wildman–Crippen LogP) is 1.05. The van der Waals surface area contributed by atoms with Gasteiger partial charge in [-0.25, -0.2) is 4.79 Å². The molecule has 1 amide bonds. The maximum absolute atomic E-state index is 11.9. The summed E-state index contributed by atoms with van der Waals surface area (Å²) >= 11 is 0. The van der Waals surface area contributed by atoms with Gasteiger partial charge in [-0.3, -0.25) is 4.79 Å². The van der Waals surface area contributed by atoms with Crippen molar-refractivity contribution in [1.29, 1.82) is 0 Å². The first kappa shape index (κ1) is 15.9. The number of ether oxygens (including phenoxy) is 3. The van der Waals surface area contributed by atoms with Crippen LogP contribution >= 0.6 is 0 Å². The molecule has 1 aromatic carbocycles. The topological polar surface area (TPSA) is 73.9 Å². The monoisotopic (exact) mass is 319 g/mol. The molecule has 0 saturated heterocycles. The van der Waals surface area contributed by atoms with Crippen molar-refractivity contribution in [3.05, 3.63) is 24.3 Å². The van der Waals surface area contributed by atoms with Crippen LogP contribution in [0.25, 0.3) is 0 Å². The van der Waals surface area contributed by atoms with Crippen molar-refractivity contribution in [1.82, 2.24) is 5.32 Å². The molecule has 0 aromatic heterocycles. The molecule has 0 radical (unpaired) electrons. The highest BCUT2D eigenvalue weighted by molar-refractivity contribution is 5.82. The number of benzene rings is 1. The Bertz CT molecular complexity index is 561. The Morgan fingerprint density at radius 3 is 2.64 bits per heavy atom. The van der Waals surface area contributed by atoms with E-state index in [1.54, 1.807) is 29.6 Å². The first-order valence-electron chi connectivity index (χ1n) is 6.24. The van der Waals surface area contributed by atoms with Crippen LogP contribution in [0.4, 0.5) is 13.2 Å². The normalized spacial score (nSPS) is 16.8. The van der Waals surface area contributed by atoms with Crippen LogP contribution in [0.15, 0.2) is 24.3 Å². The maximum atomic E-state index is 11.9. The third-order valence-corrected chi connectivity index (χ3v) is 2.60. The molecule has 22 heavy (non-hydrogen) atoms. The van der Waals surface area contributed by atoms with Crippen LogP contribution in [-0.2, 0) is 14.3 Å². The van der Waals surface area contributed by atoms with Gasteiger partial charge in [0, 0.05) is 0 Å². The zero-order valence-corrected chi connectivity index (χ0v) is 11.2. The van der Waals surface area contributed by atoms with Crippen molar-refractivity contribution in [2.75, 3.05) is 19.8 Å². The SMILES string of the molecule is O=C(COC(=O)C1COc2ccccc2O1)NCC(F)(F)F. The number of hydrogen-bond donors (Lipinski definition) is 1. The van der Waals surface area contributed by atoms with Gasteiger partial charge in [0.2, 0.25) is 6.10 Å². The number of alkyl halides is 3. The van der Waals surface area contributed by atoms with E-state index in [0.29, 0.717) is 11.5 Å². The summed E-state index contributed by atoms with van der Waals surface area (Å²) in [4.78, 5) is 22.8. The minimum absolute atomic E-state index is 0.111. The molecule has 0 fully saturated rings. The Kier molecular flexibility index (Phi) is 4.74. The zero-order chi connectivity index (χ0) is 16.2. The molecule has 1 heterocycles. The number of fused-ring (bicyclic) bond motifs is 1. The second-order valence-corrected chi connectivity index (χ2v) is 4.36. The minimum atomic E-state index is -4.52. The third-order valence-electron chi connectivity index (χ3n) is 2.60. The smallest absolute Gasteiger partial charge is 0.405 e. The fourth-order valence-electron chi connectivity index (χ4n) is 1.62. The minimum Gasteiger partial charge on any atom is -0.485 e. The molecule has 0 bridgehead atoms. The quantitative estimate of drug-likeness (QED) is 0.840. The predicted molar refractivity (Wildman–Crippen MR) is 66.4 cm³/mol. The van der Waals surface area contributed by atoms with Gasteiger partial charge >= 0.3 is 12.1 Å². The van der Waals surface area contributed by atoms with Crippen molar-refractivity contribution >= 4 is 11.9 Å². The average Bonchev–Trinajstić information content (AvgIpc) is 2.49. The first-order chi connectivity index (χ1) is 10.3. The summed E-state index contributed by atoms with van der Waals surface area (Å²) in [5.74, 6) is -1.13. The summed E-state index contributed by atoms with van der Waals surface area (Å²) in [6.07, 6.45) is -5.60. The molecule has 0 spiro atoms. The van der Waals surface area contributed by atoms with Gasteiger partial charge in [-0.1, -0.05) is 12.1 Å². The second kappa shape index (κ2) is 6.54. The number of hydrogen-bond acceptors (Lipinski definition) is 5. The van der Waals surface area contributed by atoms with Crippen molar-refractivity contribution in [3.63, 3.8) is 0 Å². The first-order valence-corrected chi connectivity index (χ1v) is 6.24. The summed E-state index contributed by atoms with van der Waals surface area (Å²) in [5, 5.41) is 1.58. The second-order valence-electron chi connectivity index (χ2n) is 4.36. The van der Waals surface area contributed by atoms with Crippen LogP contribution in [0.1, 0.15) is 0 Å². The third kappa shape index (κ3) is 4.54. The number of nitrogens with one attached hydrogen (secondary N) is 1. The van der Waals surface area contributed by atoms with E-state index in [2.05, 4.69) is 4.74 Å². The summed E-state index contributed by atoms with van der Waals surface area (Å²) < 4.78 is 50.9. The molecule has 1 atom stereocenters. The Morgan fingerprint density at radius 1 is 1.27 bits per heavy atom. The van der Waals surface area contributed by atoms with Crippen molar-refractivity contribution in [2.45, 2.75) is 12.3 Å². The Labute approximate surface area is 123 Å². The lowest BCUT2D eigenvalue weighted by molar-refractivity contribution is -0.159. The lowest BCUT2D eigenvalue weighted by Crippen LogP contribution is -2.41. The molecule has 9 heteroatoms. The molecule has 2 rings (SSSR count). The molecular weight excluding hydrogens is 307 g/mol. The molecule has 1 aliphatic heterocycles. The van der Waals surface area contributed by atoms with Crippen LogP contribution < -0.4 is 14.8 Å². The molecule has 0 saturated carbocycles. The lowest BCUT2D eigenvalue weighted by Gasteiger charge is -2.24. The van der Waals surface area contributed by atoms with E-state index < -0.39 is 37.3 Å². The summed E-state index contributed by atoms with van der Waals surface area (Å²) in [5.41, 5.74) is 0. The Morgan fingerprint density at radius 2 is 1.95 bits per heavy atom. The van der Waals surface area contributed by atoms with Gasteiger partial charge in [-0.2, -0.15) is 13.2 Å². The highest BCUT2D eigenvalue weighted by Crippen LogP contribution is 2.31. The van der Waals surface area contributed by atoms with E-state index in [-0.39, 0.29) is 6.61 Å². The molecule has 0 aliphatic carbocycles. The van der Waals surface area contributed by atoms with Gasteiger partial charge in [0.15, 0.2) is 18.1 Å². The number of carbonyl (C=O) groups is 2. The molecular formula is C13H12F3NO5. The van der Waals surface area contributed by atoms with Crippen LogP contribution in [-0.4, -0.2) is 43.9 Å².